The number of pyridine rings is 1. The lowest BCUT2D eigenvalue weighted by atomic mass is 10.0. The quantitative estimate of drug-likeness (QED) is 0.875. The van der Waals surface area contributed by atoms with Gasteiger partial charge in [-0.15, -0.1) is 0 Å². The Balaban J connectivity index is 2.07. The number of rotatable bonds is 5. The van der Waals surface area contributed by atoms with E-state index in [1.165, 1.54) is 37.2 Å². The molecule has 0 spiro atoms. The fourth-order valence-corrected chi connectivity index (χ4v) is 2.72. The van der Waals surface area contributed by atoms with E-state index < -0.39 is 0 Å². The molecule has 1 aromatic rings. The number of anilines is 1. The Morgan fingerprint density at radius 1 is 1.42 bits per heavy atom. The smallest absolute Gasteiger partial charge is 0.0598 e. The molecule has 1 aliphatic heterocycles. The van der Waals surface area contributed by atoms with Gasteiger partial charge in [0, 0.05) is 25.8 Å². The molecule has 4 heteroatoms. The third-order valence-corrected chi connectivity index (χ3v) is 4.07. The van der Waals surface area contributed by atoms with Gasteiger partial charge in [0.05, 0.1) is 11.9 Å². The number of piperidine rings is 1. The summed E-state index contributed by atoms with van der Waals surface area (Å²) in [6.45, 7) is 6.45. The third-order valence-electron chi connectivity index (χ3n) is 4.07. The van der Waals surface area contributed by atoms with Gasteiger partial charge in [-0.25, -0.2) is 0 Å². The van der Waals surface area contributed by atoms with Crippen LogP contribution in [0.4, 0.5) is 5.69 Å². The van der Waals surface area contributed by atoms with Crippen molar-refractivity contribution >= 4 is 5.69 Å². The molecule has 19 heavy (non-hydrogen) atoms. The molecule has 1 aliphatic rings. The zero-order valence-electron chi connectivity index (χ0n) is 12.4. The van der Waals surface area contributed by atoms with Crippen LogP contribution in [-0.4, -0.2) is 49.7 Å². The first kappa shape index (κ1) is 14.3. The molecule has 0 radical (unpaired) electrons. The number of aromatic nitrogens is 1. The Morgan fingerprint density at radius 3 is 2.84 bits per heavy atom. The summed E-state index contributed by atoms with van der Waals surface area (Å²) in [5.41, 5.74) is 2.62. The SMILES string of the molecule is CCNCc1ccncc1N(C)C1CCN(C)CC1. The number of nitrogens with one attached hydrogen (secondary N) is 1. The van der Waals surface area contributed by atoms with Gasteiger partial charge in [0.15, 0.2) is 0 Å². The predicted molar refractivity (Wildman–Crippen MR) is 80.5 cm³/mol. The predicted octanol–water partition coefficient (Wildman–Crippen LogP) is 1.72. The maximum absolute atomic E-state index is 4.30. The van der Waals surface area contributed by atoms with Gasteiger partial charge in [0.1, 0.15) is 0 Å². The number of nitrogens with zero attached hydrogens (tertiary/aromatic N) is 3. The van der Waals surface area contributed by atoms with E-state index in [9.17, 15) is 0 Å². The highest BCUT2D eigenvalue weighted by Gasteiger charge is 2.22. The molecule has 2 heterocycles. The van der Waals surface area contributed by atoms with Crippen LogP contribution in [0.15, 0.2) is 18.5 Å². The minimum Gasteiger partial charge on any atom is -0.370 e. The van der Waals surface area contributed by atoms with Crippen molar-refractivity contribution in [3.63, 3.8) is 0 Å². The molecular weight excluding hydrogens is 236 g/mol. The van der Waals surface area contributed by atoms with Crippen LogP contribution >= 0.6 is 0 Å². The molecule has 106 valence electrons. The van der Waals surface area contributed by atoms with Gasteiger partial charge in [-0.3, -0.25) is 4.98 Å². The van der Waals surface area contributed by atoms with E-state index in [0.29, 0.717) is 6.04 Å². The molecule has 0 saturated carbocycles. The number of hydrogen-bond acceptors (Lipinski definition) is 4. The molecule has 0 bridgehead atoms. The fourth-order valence-electron chi connectivity index (χ4n) is 2.72. The summed E-state index contributed by atoms with van der Waals surface area (Å²) in [7, 11) is 4.42. The molecule has 0 aromatic carbocycles. The van der Waals surface area contributed by atoms with Gasteiger partial charge in [0.2, 0.25) is 0 Å². The zero-order valence-corrected chi connectivity index (χ0v) is 12.4. The van der Waals surface area contributed by atoms with E-state index >= 15 is 0 Å². The molecule has 1 saturated heterocycles. The number of hydrogen-bond donors (Lipinski definition) is 1. The van der Waals surface area contributed by atoms with Crippen molar-refractivity contribution in [1.29, 1.82) is 0 Å². The molecule has 1 fully saturated rings. The molecule has 2 rings (SSSR count). The van der Waals surface area contributed by atoms with E-state index in [0.717, 1.165) is 13.1 Å². The van der Waals surface area contributed by atoms with Gasteiger partial charge in [0.25, 0.3) is 0 Å². The first-order valence-corrected chi connectivity index (χ1v) is 7.27. The molecule has 0 aliphatic carbocycles. The van der Waals surface area contributed by atoms with Crippen molar-refractivity contribution in [2.45, 2.75) is 32.4 Å². The summed E-state index contributed by atoms with van der Waals surface area (Å²) in [6.07, 6.45) is 6.37. The Morgan fingerprint density at radius 2 is 2.16 bits per heavy atom. The van der Waals surface area contributed by atoms with E-state index in [2.05, 4.69) is 47.2 Å². The Hall–Kier alpha value is -1.13. The highest BCUT2D eigenvalue weighted by molar-refractivity contribution is 5.52. The lowest BCUT2D eigenvalue weighted by molar-refractivity contribution is 0.252. The van der Waals surface area contributed by atoms with Crippen LogP contribution in [0, 0.1) is 0 Å². The molecule has 0 amide bonds. The molecule has 0 unspecified atom stereocenters. The van der Waals surface area contributed by atoms with E-state index in [4.69, 9.17) is 0 Å². The van der Waals surface area contributed by atoms with Gasteiger partial charge < -0.3 is 15.1 Å². The summed E-state index contributed by atoms with van der Waals surface area (Å²) in [5.74, 6) is 0. The molecule has 1 aromatic heterocycles. The fraction of sp³-hybridized carbons (Fsp3) is 0.667. The average molecular weight is 262 g/mol. The monoisotopic (exact) mass is 262 g/mol. The molecule has 1 N–H and O–H groups in total. The van der Waals surface area contributed by atoms with Crippen molar-refractivity contribution in [3.8, 4) is 0 Å². The normalized spacial score (nSPS) is 17.6. The van der Waals surface area contributed by atoms with Crippen molar-refractivity contribution in [2.75, 3.05) is 38.6 Å². The topological polar surface area (TPSA) is 31.4 Å². The second-order valence-electron chi connectivity index (χ2n) is 5.43. The van der Waals surface area contributed by atoms with Crippen molar-refractivity contribution < 1.29 is 0 Å². The van der Waals surface area contributed by atoms with Crippen molar-refractivity contribution in [2.24, 2.45) is 0 Å². The van der Waals surface area contributed by atoms with E-state index in [1.807, 2.05) is 12.4 Å². The van der Waals surface area contributed by atoms with E-state index in [-0.39, 0.29) is 0 Å². The second kappa shape index (κ2) is 6.87. The number of likely N-dealkylation sites (tertiary alicyclic amines) is 1. The Kier molecular flexibility index (Phi) is 5.16. The largest absolute Gasteiger partial charge is 0.370 e. The first-order chi connectivity index (χ1) is 9.22. The van der Waals surface area contributed by atoms with Gasteiger partial charge >= 0.3 is 0 Å². The average Bonchev–Trinajstić information content (AvgIpc) is 2.45. The third kappa shape index (κ3) is 3.67. The highest BCUT2D eigenvalue weighted by atomic mass is 15.2. The highest BCUT2D eigenvalue weighted by Crippen LogP contribution is 2.24. The lowest BCUT2D eigenvalue weighted by Crippen LogP contribution is -2.42. The minimum absolute atomic E-state index is 0.640. The summed E-state index contributed by atoms with van der Waals surface area (Å²) in [5, 5.41) is 3.41. The van der Waals surface area contributed by atoms with Gasteiger partial charge in [-0.2, -0.15) is 0 Å². The lowest BCUT2D eigenvalue weighted by Gasteiger charge is -2.37. The van der Waals surface area contributed by atoms with Gasteiger partial charge in [-0.1, -0.05) is 6.92 Å². The van der Waals surface area contributed by atoms with Crippen LogP contribution in [0.1, 0.15) is 25.3 Å². The van der Waals surface area contributed by atoms with E-state index in [1.54, 1.807) is 0 Å². The van der Waals surface area contributed by atoms with Gasteiger partial charge in [-0.05, 0) is 51.2 Å². The summed E-state index contributed by atoms with van der Waals surface area (Å²) >= 11 is 0. The maximum Gasteiger partial charge on any atom is 0.0598 e. The van der Waals surface area contributed by atoms with Crippen LogP contribution in [0.5, 0.6) is 0 Å². The Labute approximate surface area is 116 Å². The van der Waals surface area contributed by atoms with Crippen LogP contribution in [0.3, 0.4) is 0 Å². The Bertz CT molecular complexity index is 385. The minimum atomic E-state index is 0.640. The molecule has 4 nitrogen and oxygen atoms in total. The van der Waals surface area contributed by atoms with Crippen LogP contribution in [0.25, 0.3) is 0 Å². The molecular formula is C15H26N4. The van der Waals surface area contributed by atoms with Crippen LogP contribution < -0.4 is 10.2 Å². The van der Waals surface area contributed by atoms with Crippen molar-refractivity contribution in [3.05, 3.63) is 24.0 Å². The summed E-state index contributed by atoms with van der Waals surface area (Å²) < 4.78 is 0. The molecule has 0 atom stereocenters. The zero-order chi connectivity index (χ0) is 13.7. The van der Waals surface area contributed by atoms with Crippen LogP contribution in [0.2, 0.25) is 0 Å². The maximum atomic E-state index is 4.30. The van der Waals surface area contributed by atoms with Crippen LogP contribution in [-0.2, 0) is 6.54 Å². The second-order valence-corrected chi connectivity index (χ2v) is 5.43. The summed E-state index contributed by atoms with van der Waals surface area (Å²) in [6, 6.07) is 2.77. The van der Waals surface area contributed by atoms with Crippen molar-refractivity contribution in [1.82, 2.24) is 15.2 Å². The summed E-state index contributed by atoms with van der Waals surface area (Å²) in [4.78, 5) is 9.14. The standard InChI is InChI=1S/C15H26N4/c1-4-16-11-13-5-8-17-12-15(13)19(3)14-6-9-18(2)10-7-14/h5,8,12,14,16H,4,6-7,9-11H2,1-3H3. The first-order valence-electron chi connectivity index (χ1n) is 7.27.